The molecule has 0 radical (unpaired) electrons. The molecule has 1 fully saturated rings. The van der Waals surface area contributed by atoms with Crippen molar-refractivity contribution in [2.75, 3.05) is 26.4 Å². The zero-order chi connectivity index (χ0) is 13.7. The molecule has 3 nitrogen and oxygen atoms in total. The summed E-state index contributed by atoms with van der Waals surface area (Å²) in [4.78, 5) is 11.7. The highest BCUT2D eigenvalue weighted by Gasteiger charge is 2.16. The molecule has 0 saturated carbocycles. The Kier molecular flexibility index (Phi) is 4.99. The summed E-state index contributed by atoms with van der Waals surface area (Å²) in [5.74, 6) is -1.62. The van der Waals surface area contributed by atoms with Crippen LogP contribution in [0.1, 0.15) is 23.2 Å². The van der Waals surface area contributed by atoms with E-state index < -0.39 is 17.4 Å². The van der Waals surface area contributed by atoms with Crippen LogP contribution < -0.4 is 0 Å². The van der Waals surface area contributed by atoms with Crippen LogP contribution in [-0.2, 0) is 9.47 Å². The largest absolute Gasteiger partial charge is 0.381 e. The average Bonchev–Trinajstić information content (AvgIpc) is 2.39. The number of carbonyl (C=O) groups excluding carboxylic acids is 1. The van der Waals surface area contributed by atoms with E-state index in [0.29, 0.717) is 31.8 Å². The number of halogens is 2. The highest BCUT2D eigenvalue weighted by Crippen LogP contribution is 2.15. The Labute approximate surface area is 110 Å². The summed E-state index contributed by atoms with van der Waals surface area (Å²) in [5.41, 5.74) is -0.131. The Morgan fingerprint density at radius 3 is 2.74 bits per heavy atom. The van der Waals surface area contributed by atoms with E-state index in [2.05, 4.69) is 0 Å². The van der Waals surface area contributed by atoms with E-state index in [-0.39, 0.29) is 12.2 Å². The predicted molar refractivity (Wildman–Crippen MR) is 65.1 cm³/mol. The number of benzene rings is 1. The molecule has 0 aromatic heterocycles. The second kappa shape index (κ2) is 6.73. The first-order valence-electron chi connectivity index (χ1n) is 6.30. The molecule has 19 heavy (non-hydrogen) atoms. The zero-order valence-corrected chi connectivity index (χ0v) is 10.5. The number of ether oxygens (including phenoxy) is 2. The van der Waals surface area contributed by atoms with Crippen LogP contribution in [0.3, 0.4) is 0 Å². The van der Waals surface area contributed by atoms with Gasteiger partial charge in [-0.15, -0.1) is 0 Å². The van der Waals surface area contributed by atoms with Gasteiger partial charge in [-0.2, -0.15) is 0 Å². The van der Waals surface area contributed by atoms with Crippen LogP contribution in [0.15, 0.2) is 18.2 Å². The van der Waals surface area contributed by atoms with Crippen LogP contribution in [0.5, 0.6) is 0 Å². The number of carbonyl (C=O) groups is 1. The molecule has 0 bridgehead atoms. The molecule has 2 rings (SSSR count). The number of rotatable bonds is 5. The molecule has 0 N–H and O–H groups in total. The number of Topliss-reactive ketones (excluding diaryl/α,β-unsaturated/α-hetero) is 1. The van der Waals surface area contributed by atoms with Crippen molar-refractivity contribution in [1.29, 1.82) is 0 Å². The van der Waals surface area contributed by atoms with Gasteiger partial charge in [0.15, 0.2) is 5.78 Å². The highest BCUT2D eigenvalue weighted by atomic mass is 19.1. The third-order valence-electron chi connectivity index (χ3n) is 3.16. The van der Waals surface area contributed by atoms with Crippen LogP contribution in [0.4, 0.5) is 8.78 Å². The summed E-state index contributed by atoms with van der Waals surface area (Å²) in [6.07, 6.45) is 1.83. The molecule has 1 aliphatic rings. The van der Waals surface area contributed by atoms with E-state index in [4.69, 9.17) is 9.47 Å². The summed E-state index contributed by atoms with van der Waals surface area (Å²) in [7, 11) is 0. The van der Waals surface area contributed by atoms with E-state index in [9.17, 15) is 13.6 Å². The highest BCUT2D eigenvalue weighted by molar-refractivity contribution is 5.97. The summed E-state index contributed by atoms with van der Waals surface area (Å²) in [6.45, 7) is 1.72. The second-order valence-electron chi connectivity index (χ2n) is 4.62. The van der Waals surface area contributed by atoms with Gasteiger partial charge < -0.3 is 9.47 Å². The Hall–Kier alpha value is -1.33. The Bertz CT molecular complexity index is 442. The zero-order valence-electron chi connectivity index (χ0n) is 10.5. The molecule has 1 aromatic carbocycles. The third-order valence-corrected chi connectivity index (χ3v) is 3.16. The molecule has 1 aromatic rings. The topological polar surface area (TPSA) is 35.5 Å². The van der Waals surface area contributed by atoms with Crippen molar-refractivity contribution >= 4 is 5.78 Å². The van der Waals surface area contributed by atoms with Gasteiger partial charge in [0.05, 0.1) is 12.2 Å². The maximum atomic E-state index is 13.3. The molecule has 0 unspecified atom stereocenters. The molecular weight excluding hydrogens is 254 g/mol. The number of ketones is 1. The molecular formula is C14H16F2O3. The van der Waals surface area contributed by atoms with Gasteiger partial charge in [0.2, 0.25) is 0 Å². The molecule has 5 heteroatoms. The summed E-state index contributed by atoms with van der Waals surface area (Å²) in [6, 6.07) is 2.91. The van der Waals surface area contributed by atoms with Gasteiger partial charge in [0.1, 0.15) is 18.2 Å². The number of hydrogen-bond acceptors (Lipinski definition) is 3. The van der Waals surface area contributed by atoms with Gasteiger partial charge in [-0.05, 0) is 30.9 Å². The third kappa shape index (κ3) is 4.08. The Morgan fingerprint density at radius 1 is 1.32 bits per heavy atom. The normalized spacial score (nSPS) is 16.5. The molecule has 104 valence electrons. The van der Waals surface area contributed by atoms with E-state index in [1.54, 1.807) is 0 Å². The second-order valence-corrected chi connectivity index (χ2v) is 4.62. The van der Waals surface area contributed by atoms with Crippen LogP contribution in [0, 0.1) is 17.6 Å². The molecule has 0 atom stereocenters. The van der Waals surface area contributed by atoms with Crippen molar-refractivity contribution in [3.05, 3.63) is 35.4 Å². The van der Waals surface area contributed by atoms with Crippen LogP contribution >= 0.6 is 0 Å². The number of hydrogen-bond donors (Lipinski definition) is 0. The van der Waals surface area contributed by atoms with Gasteiger partial charge in [0, 0.05) is 19.3 Å². The van der Waals surface area contributed by atoms with Crippen molar-refractivity contribution in [1.82, 2.24) is 0 Å². The van der Waals surface area contributed by atoms with Gasteiger partial charge in [0.25, 0.3) is 0 Å². The first-order chi connectivity index (χ1) is 9.16. The maximum Gasteiger partial charge on any atom is 0.191 e. The SMILES string of the molecule is O=C(COCC1CCOCC1)c1ccc(F)cc1F. The molecule has 0 aliphatic carbocycles. The lowest BCUT2D eigenvalue weighted by Gasteiger charge is -2.21. The van der Waals surface area contributed by atoms with Crippen molar-refractivity contribution in [2.24, 2.45) is 5.92 Å². The van der Waals surface area contributed by atoms with E-state index in [1.807, 2.05) is 0 Å². The van der Waals surface area contributed by atoms with Gasteiger partial charge >= 0.3 is 0 Å². The van der Waals surface area contributed by atoms with Crippen molar-refractivity contribution < 1.29 is 23.0 Å². The lowest BCUT2D eigenvalue weighted by atomic mass is 10.0. The maximum absolute atomic E-state index is 13.3. The molecule has 0 spiro atoms. The standard InChI is InChI=1S/C14H16F2O3/c15-11-1-2-12(13(16)7-11)14(17)9-19-8-10-3-5-18-6-4-10/h1-2,7,10H,3-6,8-9H2. The lowest BCUT2D eigenvalue weighted by Crippen LogP contribution is -2.22. The van der Waals surface area contributed by atoms with Crippen LogP contribution in [0.25, 0.3) is 0 Å². The predicted octanol–water partition coefficient (Wildman–Crippen LogP) is 2.59. The molecule has 1 saturated heterocycles. The van der Waals surface area contributed by atoms with E-state index >= 15 is 0 Å². The van der Waals surface area contributed by atoms with E-state index in [1.165, 1.54) is 0 Å². The first-order valence-corrected chi connectivity index (χ1v) is 6.30. The van der Waals surface area contributed by atoms with Crippen LogP contribution in [-0.4, -0.2) is 32.2 Å². The van der Waals surface area contributed by atoms with Crippen molar-refractivity contribution in [3.63, 3.8) is 0 Å². The lowest BCUT2D eigenvalue weighted by molar-refractivity contribution is 0.0216. The Balaban J connectivity index is 1.80. The van der Waals surface area contributed by atoms with Gasteiger partial charge in [-0.1, -0.05) is 0 Å². The smallest absolute Gasteiger partial charge is 0.191 e. The van der Waals surface area contributed by atoms with Gasteiger partial charge in [-0.3, -0.25) is 4.79 Å². The quantitative estimate of drug-likeness (QED) is 0.771. The monoisotopic (exact) mass is 270 g/mol. The average molecular weight is 270 g/mol. The fourth-order valence-electron chi connectivity index (χ4n) is 2.02. The summed E-state index contributed by atoms with van der Waals surface area (Å²) in [5, 5.41) is 0. The molecule has 0 amide bonds. The molecule has 1 heterocycles. The van der Waals surface area contributed by atoms with Crippen molar-refractivity contribution in [2.45, 2.75) is 12.8 Å². The minimum absolute atomic E-state index is 0.131. The summed E-state index contributed by atoms with van der Waals surface area (Å²) < 4.78 is 36.6. The molecule has 1 aliphatic heterocycles. The van der Waals surface area contributed by atoms with Crippen molar-refractivity contribution in [3.8, 4) is 0 Å². The van der Waals surface area contributed by atoms with Crippen LogP contribution in [0.2, 0.25) is 0 Å². The Morgan fingerprint density at radius 2 is 2.05 bits per heavy atom. The first kappa shape index (κ1) is 14.1. The fraction of sp³-hybridized carbons (Fsp3) is 0.500. The fourth-order valence-corrected chi connectivity index (χ4v) is 2.02. The van der Waals surface area contributed by atoms with E-state index in [0.717, 1.165) is 25.0 Å². The summed E-state index contributed by atoms with van der Waals surface area (Å²) >= 11 is 0. The van der Waals surface area contributed by atoms with Gasteiger partial charge in [-0.25, -0.2) is 8.78 Å². The minimum atomic E-state index is -0.848. The minimum Gasteiger partial charge on any atom is -0.381 e.